The van der Waals surface area contributed by atoms with E-state index in [4.69, 9.17) is 27.6 Å². The fourth-order valence-electron chi connectivity index (χ4n) is 4.53. The lowest BCUT2D eigenvalue weighted by Crippen LogP contribution is -2.38. The predicted molar refractivity (Wildman–Crippen MR) is 123 cm³/mol. The van der Waals surface area contributed by atoms with E-state index >= 15 is 0 Å². The van der Waals surface area contributed by atoms with Gasteiger partial charge in [-0.15, -0.1) is 0 Å². The molecule has 1 aromatic heterocycles. The molecule has 0 bridgehead atoms. The number of rotatable bonds is 4. The molecule has 1 fully saturated rings. The number of alkyl halides is 3. The van der Waals surface area contributed by atoms with Crippen molar-refractivity contribution in [3.8, 4) is 16.9 Å². The van der Waals surface area contributed by atoms with Gasteiger partial charge in [0.05, 0.1) is 21.5 Å². The molecule has 1 unspecified atom stereocenters. The Bertz CT molecular complexity index is 1260. The molecule has 4 rings (SSSR count). The van der Waals surface area contributed by atoms with E-state index in [1.165, 1.54) is 30.3 Å². The van der Waals surface area contributed by atoms with Crippen LogP contribution in [0.2, 0.25) is 10.0 Å². The standard InChI is InChI=1S/C24H22Cl2F3NO3/c1-2-14-5-3-4-10-30(14)12-17-19(31)9-8-16-21(32)20(15-7-6-13(25)11-18(15)26)23(24(27,28)29)33-22(16)17/h6-9,11,14,31H,2-5,10,12H2,1H3. The fraction of sp³-hybridized carbons (Fsp3) is 0.375. The first-order chi connectivity index (χ1) is 15.6. The summed E-state index contributed by atoms with van der Waals surface area (Å²) in [4.78, 5) is 15.5. The fourth-order valence-corrected chi connectivity index (χ4v) is 5.03. The van der Waals surface area contributed by atoms with E-state index in [0.29, 0.717) is 0 Å². The molecular formula is C24H22Cl2F3NO3. The van der Waals surface area contributed by atoms with Gasteiger partial charge in [0.2, 0.25) is 11.2 Å². The van der Waals surface area contributed by atoms with Crippen molar-refractivity contribution in [1.29, 1.82) is 0 Å². The molecule has 1 saturated heterocycles. The van der Waals surface area contributed by atoms with E-state index in [2.05, 4.69) is 11.8 Å². The molecule has 0 spiro atoms. The maximum absolute atomic E-state index is 14.1. The maximum Gasteiger partial charge on any atom is 0.450 e. The van der Waals surface area contributed by atoms with Crippen molar-refractivity contribution < 1.29 is 22.7 Å². The molecular weight excluding hydrogens is 478 g/mol. The van der Waals surface area contributed by atoms with Gasteiger partial charge in [0, 0.05) is 23.2 Å². The number of phenols is 1. The van der Waals surface area contributed by atoms with Gasteiger partial charge in [-0.25, -0.2) is 0 Å². The topological polar surface area (TPSA) is 53.7 Å². The minimum Gasteiger partial charge on any atom is -0.507 e. The number of hydrogen-bond donors (Lipinski definition) is 1. The molecule has 0 radical (unpaired) electrons. The van der Waals surface area contributed by atoms with Crippen molar-refractivity contribution in [3.05, 3.63) is 61.9 Å². The summed E-state index contributed by atoms with van der Waals surface area (Å²) in [6.45, 7) is 2.99. The second-order valence-corrected chi connectivity index (χ2v) is 9.07. The van der Waals surface area contributed by atoms with E-state index in [-0.39, 0.29) is 50.5 Å². The van der Waals surface area contributed by atoms with Gasteiger partial charge >= 0.3 is 6.18 Å². The molecule has 33 heavy (non-hydrogen) atoms. The largest absolute Gasteiger partial charge is 0.507 e. The van der Waals surface area contributed by atoms with Crippen LogP contribution in [0.4, 0.5) is 13.2 Å². The van der Waals surface area contributed by atoms with Crippen molar-refractivity contribution in [3.63, 3.8) is 0 Å². The Labute approximate surface area is 198 Å². The van der Waals surface area contributed by atoms with Gasteiger partial charge in [-0.3, -0.25) is 9.69 Å². The zero-order chi connectivity index (χ0) is 23.9. The lowest BCUT2D eigenvalue weighted by atomic mass is 9.97. The van der Waals surface area contributed by atoms with E-state index < -0.39 is 22.9 Å². The molecule has 9 heteroatoms. The highest BCUT2D eigenvalue weighted by Gasteiger charge is 2.40. The van der Waals surface area contributed by atoms with Gasteiger partial charge in [0.1, 0.15) is 11.3 Å². The minimum atomic E-state index is -4.97. The Morgan fingerprint density at radius 1 is 1.18 bits per heavy atom. The normalized spacial score (nSPS) is 17.6. The minimum absolute atomic E-state index is 0.0538. The van der Waals surface area contributed by atoms with Crippen LogP contribution in [0, 0.1) is 0 Å². The Kier molecular flexibility index (Phi) is 6.67. The summed E-state index contributed by atoms with van der Waals surface area (Å²) < 4.78 is 47.7. The van der Waals surface area contributed by atoms with Gasteiger partial charge < -0.3 is 9.52 Å². The molecule has 1 aliphatic heterocycles. The quantitative estimate of drug-likeness (QED) is 0.410. The van der Waals surface area contributed by atoms with Gasteiger partial charge in [-0.2, -0.15) is 13.2 Å². The maximum atomic E-state index is 14.1. The number of likely N-dealkylation sites (tertiary alicyclic amines) is 1. The Hall–Kier alpha value is -2.22. The summed E-state index contributed by atoms with van der Waals surface area (Å²) in [6, 6.07) is 6.73. The molecule has 0 saturated carbocycles. The van der Waals surface area contributed by atoms with Crippen LogP contribution in [0.25, 0.3) is 22.1 Å². The molecule has 2 aromatic carbocycles. The van der Waals surface area contributed by atoms with Crippen LogP contribution in [0.5, 0.6) is 5.75 Å². The monoisotopic (exact) mass is 499 g/mol. The number of benzene rings is 2. The van der Waals surface area contributed by atoms with E-state index in [1.807, 2.05) is 0 Å². The average Bonchev–Trinajstić information content (AvgIpc) is 2.76. The third-order valence-corrected chi connectivity index (χ3v) is 6.73. The van der Waals surface area contributed by atoms with Crippen molar-refractivity contribution in [2.45, 2.75) is 51.4 Å². The highest BCUT2D eigenvalue weighted by atomic mass is 35.5. The molecule has 2 heterocycles. The van der Waals surface area contributed by atoms with Crippen LogP contribution in [-0.2, 0) is 12.7 Å². The van der Waals surface area contributed by atoms with Crippen LogP contribution in [0.3, 0.4) is 0 Å². The number of nitrogens with zero attached hydrogens (tertiary/aromatic N) is 1. The number of fused-ring (bicyclic) bond motifs is 1. The lowest BCUT2D eigenvalue weighted by Gasteiger charge is -2.35. The molecule has 0 amide bonds. The Morgan fingerprint density at radius 2 is 1.94 bits per heavy atom. The number of halogens is 5. The van der Waals surface area contributed by atoms with Gasteiger partial charge in [-0.05, 0) is 50.1 Å². The molecule has 4 nitrogen and oxygen atoms in total. The Balaban J connectivity index is 1.97. The zero-order valence-corrected chi connectivity index (χ0v) is 19.3. The second-order valence-electron chi connectivity index (χ2n) is 8.23. The van der Waals surface area contributed by atoms with Crippen molar-refractivity contribution in [2.24, 2.45) is 0 Å². The molecule has 1 N–H and O–H groups in total. The summed E-state index contributed by atoms with van der Waals surface area (Å²) in [5, 5.41) is 10.6. The van der Waals surface area contributed by atoms with E-state index in [1.54, 1.807) is 0 Å². The average molecular weight is 500 g/mol. The second kappa shape index (κ2) is 9.20. The first kappa shape index (κ1) is 23.9. The lowest BCUT2D eigenvalue weighted by molar-refractivity contribution is -0.152. The third-order valence-electron chi connectivity index (χ3n) is 6.18. The smallest absolute Gasteiger partial charge is 0.450 e. The highest BCUT2D eigenvalue weighted by molar-refractivity contribution is 6.36. The summed E-state index contributed by atoms with van der Waals surface area (Å²) in [5.41, 5.74) is -1.77. The highest BCUT2D eigenvalue weighted by Crippen LogP contribution is 2.41. The molecule has 1 aliphatic rings. The van der Waals surface area contributed by atoms with E-state index in [9.17, 15) is 23.1 Å². The summed E-state index contributed by atoms with van der Waals surface area (Å²) >= 11 is 12.0. The van der Waals surface area contributed by atoms with Gasteiger partial charge in [0.15, 0.2) is 0 Å². The van der Waals surface area contributed by atoms with Crippen LogP contribution in [0.15, 0.2) is 39.5 Å². The molecule has 0 aliphatic carbocycles. The SMILES string of the molecule is CCC1CCCCN1Cc1c(O)ccc2c(=O)c(-c3ccc(Cl)cc3Cl)c(C(F)(F)F)oc12. The predicted octanol–water partition coefficient (Wildman–Crippen LogP) is 7.26. The molecule has 3 aromatic rings. The Morgan fingerprint density at radius 3 is 2.61 bits per heavy atom. The van der Waals surface area contributed by atoms with Crippen molar-refractivity contribution >= 4 is 34.2 Å². The van der Waals surface area contributed by atoms with Crippen molar-refractivity contribution in [1.82, 2.24) is 4.90 Å². The molecule has 1 atom stereocenters. The zero-order valence-electron chi connectivity index (χ0n) is 17.8. The van der Waals surface area contributed by atoms with E-state index in [0.717, 1.165) is 32.2 Å². The number of hydrogen-bond acceptors (Lipinski definition) is 4. The van der Waals surface area contributed by atoms with Gasteiger partial charge in [0.25, 0.3) is 0 Å². The van der Waals surface area contributed by atoms with Crippen molar-refractivity contribution in [2.75, 3.05) is 6.54 Å². The number of piperidine rings is 1. The number of phenolic OH excluding ortho intramolecular Hbond substituents is 1. The first-order valence-electron chi connectivity index (χ1n) is 10.7. The van der Waals surface area contributed by atoms with Crippen LogP contribution in [-0.4, -0.2) is 22.6 Å². The summed E-state index contributed by atoms with van der Waals surface area (Å²) in [6.07, 6.45) is -1.08. The van der Waals surface area contributed by atoms with Crippen LogP contribution < -0.4 is 5.43 Å². The summed E-state index contributed by atoms with van der Waals surface area (Å²) in [7, 11) is 0. The van der Waals surface area contributed by atoms with Crippen LogP contribution >= 0.6 is 23.2 Å². The summed E-state index contributed by atoms with van der Waals surface area (Å²) in [5.74, 6) is -1.67. The first-order valence-corrected chi connectivity index (χ1v) is 11.5. The molecule has 176 valence electrons. The number of aromatic hydroxyl groups is 1. The third kappa shape index (κ3) is 4.59. The van der Waals surface area contributed by atoms with Crippen LogP contribution in [0.1, 0.15) is 43.9 Å². The van der Waals surface area contributed by atoms with Gasteiger partial charge in [-0.1, -0.05) is 42.6 Å².